The van der Waals surface area contributed by atoms with Gasteiger partial charge in [-0.1, -0.05) is 185 Å². The maximum atomic E-state index is 2.63. The van der Waals surface area contributed by atoms with Crippen LogP contribution in [0.5, 0.6) is 0 Å². The van der Waals surface area contributed by atoms with Crippen molar-refractivity contribution in [1.29, 1.82) is 0 Å². The number of benzene rings is 4. The monoisotopic (exact) mass is 862 g/mol. The van der Waals surface area contributed by atoms with Crippen molar-refractivity contribution in [2.45, 2.75) is 157 Å². The first-order chi connectivity index (χ1) is 23.5. The van der Waals surface area contributed by atoms with E-state index in [1.807, 2.05) is 0 Å². The predicted molar refractivity (Wildman–Crippen MR) is 235 cm³/mol. The van der Waals surface area contributed by atoms with E-state index in [0.29, 0.717) is 0 Å². The largest absolute Gasteiger partial charge is 4.00 e. The molecule has 0 saturated carbocycles. The van der Waals surface area contributed by atoms with E-state index in [9.17, 15) is 0 Å². The van der Waals surface area contributed by atoms with E-state index in [2.05, 4.69) is 216 Å². The quantitative estimate of drug-likeness (QED) is 0.148. The van der Waals surface area contributed by atoms with Crippen molar-refractivity contribution in [1.82, 2.24) is 0 Å². The Kier molecular flexibility index (Phi) is 16.3. The zero-order valence-electron chi connectivity index (χ0n) is 37.8. The van der Waals surface area contributed by atoms with Crippen LogP contribution in [0.15, 0.2) is 91.0 Å². The van der Waals surface area contributed by atoms with Gasteiger partial charge in [-0.2, -0.15) is 11.5 Å². The molecule has 0 fully saturated rings. The molecule has 0 heterocycles. The third kappa shape index (κ3) is 10.7. The minimum absolute atomic E-state index is 0. The fourth-order valence-corrected chi connectivity index (χ4v) is 12.5. The second-order valence-corrected chi connectivity index (χ2v) is 25.8. The van der Waals surface area contributed by atoms with E-state index in [0.717, 1.165) is 0 Å². The van der Waals surface area contributed by atoms with Gasteiger partial charge in [-0.15, -0.1) is 34.8 Å². The molecule has 5 heteroatoms. The molecule has 5 aromatic carbocycles. The Balaban J connectivity index is 0.00000392. The second-order valence-electron chi connectivity index (χ2n) is 22.0. The third-order valence-corrected chi connectivity index (χ3v) is 16.0. The van der Waals surface area contributed by atoms with E-state index in [-0.39, 0.29) is 91.4 Å². The van der Waals surface area contributed by atoms with E-state index >= 15 is 0 Å². The van der Waals surface area contributed by atoms with Crippen LogP contribution >= 0.6 is 0 Å². The molecular weight excluding hydrogens is 795 g/mol. The first-order valence-corrected chi connectivity index (χ1v) is 21.7. The number of fused-ring (bicyclic) bond motifs is 1. The number of rotatable bonds is 4. The number of hydrogen-bond donors (Lipinski definition) is 0. The Bertz CT molecular complexity index is 1780. The number of halogens is 3. The summed E-state index contributed by atoms with van der Waals surface area (Å²) in [7, 11) is -3.04. The molecular formula is C51H69Cl3SiTi. The summed E-state index contributed by atoms with van der Waals surface area (Å²) in [5.74, 6) is 0. The van der Waals surface area contributed by atoms with Crippen LogP contribution in [0.2, 0.25) is 0 Å². The van der Waals surface area contributed by atoms with Crippen LogP contribution in [-0.2, 0) is 54.2 Å². The minimum atomic E-state index is -3.04. The van der Waals surface area contributed by atoms with Crippen LogP contribution in [0.1, 0.15) is 158 Å². The van der Waals surface area contributed by atoms with Gasteiger partial charge >= 0.3 is 21.7 Å². The average molecular weight is 864 g/mol. The third-order valence-electron chi connectivity index (χ3n) is 11.3. The molecule has 0 aliphatic rings. The fraction of sp³-hybridized carbons (Fsp3) is 0.471. The van der Waals surface area contributed by atoms with Gasteiger partial charge in [-0.05, 0) is 81.4 Å². The van der Waals surface area contributed by atoms with Crippen molar-refractivity contribution in [2.24, 2.45) is 0 Å². The first kappa shape index (κ1) is 52.3. The Labute approximate surface area is 377 Å². The van der Waals surface area contributed by atoms with Gasteiger partial charge < -0.3 is 37.2 Å². The molecule has 0 aliphatic heterocycles. The zero-order valence-corrected chi connectivity index (χ0v) is 42.6. The molecule has 0 spiro atoms. The number of hydrogen-bond acceptors (Lipinski definition) is 0. The van der Waals surface area contributed by atoms with Gasteiger partial charge in [0.1, 0.15) is 0 Å². The molecule has 0 saturated heterocycles. The summed E-state index contributed by atoms with van der Waals surface area (Å²) in [5, 5.41) is 8.56. The summed E-state index contributed by atoms with van der Waals surface area (Å²) in [6.07, 6.45) is 0. The SMILES string of the molecule is CC(C)(C)c1cc(C(C)(C)C)cc([Si](c2cc(C(C)(C)C)cc(C(C)(C)C)c2)(c2cc(C(C)(C)C)cc(C(C)(C)C)c2)c2cc3ccccc3[cH-]2)c1.[Cl-].[Cl-].[Cl-].[Ti+4]. The topological polar surface area (TPSA) is 0 Å². The Hall–Kier alpha value is -1.71. The summed E-state index contributed by atoms with van der Waals surface area (Å²) in [6.45, 7) is 42.9. The van der Waals surface area contributed by atoms with E-state index in [1.54, 1.807) is 0 Å². The smallest absolute Gasteiger partial charge is 1.00 e. The standard InChI is InChI=1S/C51H69Si.3ClH.Ti/c1-46(2,3)36-25-37(47(4,5)6)29-43(28-36)52(42-23-34-21-19-20-22-35(34)24-42,44-30-38(48(7,8)9)26-39(31-44)49(10,11)12)45-32-40(50(13,14)15)27-41(33-45)51(16,17)18;;;;/h19-33H,1-18H3;3*1H;/q-1;;;;+4/p-3. The fourth-order valence-electron chi connectivity index (χ4n) is 7.50. The molecule has 0 atom stereocenters. The molecule has 0 amide bonds. The van der Waals surface area contributed by atoms with Crippen LogP contribution in [0.3, 0.4) is 0 Å². The summed E-state index contributed by atoms with van der Waals surface area (Å²) in [5.41, 5.74) is 8.39. The van der Waals surface area contributed by atoms with Gasteiger partial charge in [0.2, 0.25) is 0 Å². The Morgan fingerprint density at radius 2 is 0.607 bits per heavy atom. The Morgan fingerprint density at radius 3 is 0.839 bits per heavy atom. The molecule has 5 aromatic rings. The normalized spacial score (nSPS) is 13.0. The van der Waals surface area contributed by atoms with Crippen molar-refractivity contribution < 1.29 is 58.9 Å². The van der Waals surface area contributed by atoms with E-state index in [1.165, 1.54) is 64.9 Å². The van der Waals surface area contributed by atoms with Crippen molar-refractivity contribution in [2.75, 3.05) is 0 Å². The van der Waals surface area contributed by atoms with Crippen LogP contribution in [0.4, 0.5) is 0 Å². The molecule has 0 aliphatic carbocycles. The van der Waals surface area contributed by atoms with Gasteiger partial charge in [0, 0.05) is 0 Å². The molecule has 0 unspecified atom stereocenters. The van der Waals surface area contributed by atoms with Crippen LogP contribution < -0.4 is 58.0 Å². The van der Waals surface area contributed by atoms with Gasteiger partial charge in [0.25, 0.3) is 0 Å². The Morgan fingerprint density at radius 1 is 0.357 bits per heavy atom. The molecule has 0 aromatic heterocycles. The van der Waals surface area contributed by atoms with Crippen molar-refractivity contribution in [3.05, 3.63) is 124 Å². The summed E-state index contributed by atoms with van der Waals surface area (Å²) >= 11 is 0. The van der Waals surface area contributed by atoms with Gasteiger partial charge in [-0.25, -0.2) is 0 Å². The molecule has 0 N–H and O–H groups in total. The van der Waals surface area contributed by atoms with Crippen molar-refractivity contribution in [3.63, 3.8) is 0 Å². The molecule has 0 nitrogen and oxygen atoms in total. The molecule has 0 bridgehead atoms. The summed E-state index contributed by atoms with van der Waals surface area (Å²) in [6, 6.07) is 37.4. The molecule has 302 valence electrons. The molecule has 0 radical (unpaired) electrons. The van der Waals surface area contributed by atoms with Gasteiger partial charge in [0.05, 0.1) is 0 Å². The van der Waals surface area contributed by atoms with Gasteiger partial charge in [-0.3, -0.25) is 0 Å². The van der Waals surface area contributed by atoms with Gasteiger partial charge in [0.15, 0.2) is 8.07 Å². The maximum absolute atomic E-state index is 3.04. The predicted octanol–water partition coefficient (Wildman–Crippen LogP) is 2.73. The first-order valence-electron chi connectivity index (χ1n) is 19.7. The van der Waals surface area contributed by atoms with E-state index in [4.69, 9.17) is 0 Å². The summed E-state index contributed by atoms with van der Waals surface area (Å²) < 4.78 is 0. The minimum Gasteiger partial charge on any atom is -1.00 e. The summed E-state index contributed by atoms with van der Waals surface area (Å²) in [4.78, 5) is 0. The second kappa shape index (κ2) is 17.5. The average Bonchev–Trinajstić information content (AvgIpc) is 3.43. The van der Waals surface area contributed by atoms with E-state index < -0.39 is 8.07 Å². The van der Waals surface area contributed by atoms with Crippen LogP contribution in [0, 0.1) is 0 Å². The maximum Gasteiger partial charge on any atom is 4.00 e. The van der Waals surface area contributed by atoms with Crippen molar-refractivity contribution in [3.8, 4) is 0 Å². The van der Waals surface area contributed by atoms with Crippen LogP contribution in [-0.4, -0.2) is 8.07 Å². The zero-order chi connectivity index (χ0) is 39.0. The van der Waals surface area contributed by atoms with Crippen LogP contribution in [0.25, 0.3) is 10.8 Å². The molecule has 5 rings (SSSR count). The molecule has 56 heavy (non-hydrogen) atoms. The van der Waals surface area contributed by atoms with Crippen molar-refractivity contribution >= 4 is 39.6 Å².